The molecule has 3 atom stereocenters. The molecule has 262 valence electrons. The summed E-state index contributed by atoms with van der Waals surface area (Å²) in [5, 5.41) is 0. The summed E-state index contributed by atoms with van der Waals surface area (Å²) in [7, 11) is 1.39. The molecular weight excluding hydrogens is 634 g/mol. The predicted molar refractivity (Wildman–Crippen MR) is 190 cm³/mol. The van der Waals surface area contributed by atoms with Gasteiger partial charge in [0.15, 0.2) is 0 Å². The number of H-pyrrole nitrogens is 2. The Morgan fingerprint density at radius 1 is 0.960 bits per heavy atom. The van der Waals surface area contributed by atoms with Gasteiger partial charge in [-0.15, -0.1) is 0 Å². The summed E-state index contributed by atoms with van der Waals surface area (Å²) in [5.41, 5.74) is 4.63. The number of likely N-dealkylation sites (tertiary alicyclic amines) is 2. The number of aromatic nitrogens is 4. The number of nitrogens with zero attached hydrogens (tertiary/aromatic N) is 5. The van der Waals surface area contributed by atoms with Gasteiger partial charge in [0.05, 0.1) is 35.9 Å². The van der Waals surface area contributed by atoms with E-state index >= 15 is 0 Å². The molecule has 2 aromatic heterocycles. The minimum absolute atomic E-state index is 0.00745. The summed E-state index contributed by atoms with van der Waals surface area (Å²) < 4.78 is 5.62. The third-order valence-corrected chi connectivity index (χ3v) is 8.92. The summed E-state index contributed by atoms with van der Waals surface area (Å²) in [6.07, 6.45) is 6.21. The van der Waals surface area contributed by atoms with Crippen LogP contribution in [0.25, 0.3) is 22.3 Å². The Morgan fingerprint density at radius 3 is 2.34 bits per heavy atom. The van der Waals surface area contributed by atoms with Crippen LogP contribution >= 0.6 is 0 Å². The number of aromatic amines is 2. The number of rotatable bonds is 8. The second kappa shape index (κ2) is 14.8. The van der Waals surface area contributed by atoms with E-state index in [-0.39, 0.29) is 30.0 Å². The van der Waals surface area contributed by atoms with Gasteiger partial charge in [-0.25, -0.2) is 19.8 Å². The highest BCUT2D eigenvalue weighted by Gasteiger charge is 2.37. The van der Waals surface area contributed by atoms with E-state index in [4.69, 9.17) is 19.6 Å². The maximum Gasteiger partial charge on any atom is 0.410 e. The number of benzene rings is 2. The Labute approximate surface area is 292 Å². The Morgan fingerprint density at radius 2 is 1.64 bits per heavy atom. The van der Waals surface area contributed by atoms with Crippen molar-refractivity contribution in [1.82, 2.24) is 29.7 Å². The molecule has 12 heteroatoms. The third-order valence-electron chi connectivity index (χ3n) is 8.92. The standard InChI is InChI=1S/C38H45N7O5/c1-24(2)33(40-23-49-48-6)36(46)44-19-7-10-32(44)35-41-28-18-15-26(21-29(28)42-35)12-11-25-13-16-27(17-14-25)30-22-39-34(43-30)31-9-8-20-45(31)37(47)50-38(3,4)5/h13-18,21-24,31-33H,7-10,19-20H2,1-6H3,(H,39,43)(H,41,42)/b40-23+/t31-,32-,33-/m0/s1. The van der Waals surface area contributed by atoms with E-state index < -0.39 is 11.6 Å². The van der Waals surface area contributed by atoms with Crippen molar-refractivity contribution >= 4 is 29.4 Å². The highest BCUT2D eigenvalue weighted by atomic mass is 17.2. The first kappa shape index (κ1) is 34.7. The zero-order valence-electron chi connectivity index (χ0n) is 29.5. The molecule has 0 saturated carbocycles. The molecule has 0 aliphatic carbocycles. The van der Waals surface area contributed by atoms with Gasteiger partial charge in [0.25, 0.3) is 0 Å². The van der Waals surface area contributed by atoms with E-state index in [1.54, 1.807) is 4.90 Å². The fourth-order valence-electron chi connectivity index (χ4n) is 6.51. The SMILES string of the molecule is COO/C=N/[C@H](C(=O)N1CCC[C@H]1c1nc2cc(C#Cc3ccc(-c4c[nH]c([C@@H]5CCCN5C(=O)OC(C)(C)C)n4)cc3)ccc2[nH]1)C(C)C. The minimum atomic E-state index is -0.573. The smallest absolute Gasteiger partial charge is 0.410 e. The molecule has 0 radical (unpaired) electrons. The highest BCUT2D eigenvalue weighted by Crippen LogP contribution is 2.34. The molecule has 50 heavy (non-hydrogen) atoms. The zero-order chi connectivity index (χ0) is 35.4. The normalized spacial score (nSPS) is 18.5. The van der Waals surface area contributed by atoms with Crippen LogP contribution in [0.1, 0.15) is 95.2 Å². The molecule has 2 amide bonds. The summed E-state index contributed by atoms with van der Waals surface area (Å²) in [4.78, 5) is 60.0. The van der Waals surface area contributed by atoms with Gasteiger partial charge in [-0.2, -0.15) is 4.89 Å². The van der Waals surface area contributed by atoms with E-state index in [1.165, 1.54) is 13.5 Å². The second-order valence-electron chi connectivity index (χ2n) is 14.1. The van der Waals surface area contributed by atoms with Gasteiger partial charge in [-0.1, -0.05) is 37.8 Å². The van der Waals surface area contributed by atoms with Crippen molar-refractivity contribution in [3.8, 4) is 23.1 Å². The van der Waals surface area contributed by atoms with E-state index in [9.17, 15) is 9.59 Å². The molecular formula is C38H45N7O5. The van der Waals surface area contributed by atoms with Crippen molar-refractivity contribution in [2.45, 2.75) is 84.0 Å². The van der Waals surface area contributed by atoms with Gasteiger partial charge in [0.2, 0.25) is 12.3 Å². The first-order valence-electron chi connectivity index (χ1n) is 17.2. The number of carbonyl (C=O) groups is 2. The molecule has 4 heterocycles. The van der Waals surface area contributed by atoms with Crippen LogP contribution in [0.4, 0.5) is 4.79 Å². The molecule has 0 spiro atoms. The summed E-state index contributed by atoms with van der Waals surface area (Å²) in [6.45, 7) is 10.9. The summed E-state index contributed by atoms with van der Waals surface area (Å²) in [5.74, 6) is 7.99. The van der Waals surface area contributed by atoms with Crippen LogP contribution in [0.15, 0.2) is 53.7 Å². The molecule has 2 aliphatic heterocycles. The summed E-state index contributed by atoms with van der Waals surface area (Å²) >= 11 is 0. The molecule has 2 N–H and O–H groups in total. The lowest BCUT2D eigenvalue weighted by Crippen LogP contribution is -2.40. The van der Waals surface area contributed by atoms with Crippen LogP contribution < -0.4 is 0 Å². The van der Waals surface area contributed by atoms with Crippen LogP contribution in [-0.2, 0) is 19.3 Å². The Hall–Kier alpha value is -5.15. The third kappa shape index (κ3) is 7.84. The monoisotopic (exact) mass is 679 g/mol. The number of fused-ring (bicyclic) bond motifs is 1. The largest absolute Gasteiger partial charge is 0.444 e. The van der Waals surface area contributed by atoms with Crippen LogP contribution in [0.3, 0.4) is 0 Å². The number of imidazole rings is 2. The van der Waals surface area contributed by atoms with Crippen LogP contribution in [0, 0.1) is 17.8 Å². The Kier molecular flexibility index (Phi) is 10.2. The number of nitrogens with one attached hydrogen (secondary N) is 2. The average molecular weight is 680 g/mol. The van der Waals surface area contributed by atoms with Crippen molar-refractivity contribution < 1.29 is 24.1 Å². The van der Waals surface area contributed by atoms with Crippen molar-refractivity contribution in [2.24, 2.45) is 10.9 Å². The van der Waals surface area contributed by atoms with Gasteiger partial charge in [0, 0.05) is 36.0 Å². The quantitative estimate of drug-likeness (QED) is 0.0693. The second-order valence-corrected chi connectivity index (χ2v) is 14.1. The topological polar surface area (TPSA) is 138 Å². The average Bonchev–Trinajstić information content (AvgIpc) is 3.90. The lowest BCUT2D eigenvalue weighted by Gasteiger charge is -2.27. The van der Waals surface area contributed by atoms with Crippen molar-refractivity contribution in [2.75, 3.05) is 20.2 Å². The van der Waals surface area contributed by atoms with Crippen LogP contribution in [-0.4, -0.2) is 80.0 Å². The Bertz CT molecular complexity index is 1910. The van der Waals surface area contributed by atoms with Crippen LogP contribution in [0.5, 0.6) is 0 Å². The van der Waals surface area contributed by atoms with E-state index in [1.807, 2.05) is 88.2 Å². The van der Waals surface area contributed by atoms with Crippen LogP contribution in [0.2, 0.25) is 0 Å². The lowest BCUT2D eigenvalue weighted by atomic mass is 10.0. The van der Waals surface area contributed by atoms with Crippen molar-refractivity contribution in [1.29, 1.82) is 0 Å². The Balaban J connectivity index is 1.12. The number of ether oxygens (including phenoxy) is 1. The van der Waals surface area contributed by atoms with Gasteiger partial charge < -0.3 is 24.5 Å². The minimum Gasteiger partial charge on any atom is -0.444 e. The fourth-order valence-corrected chi connectivity index (χ4v) is 6.51. The first-order valence-corrected chi connectivity index (χ1v) is 17.2. The maximum atomic E-state index is 13.5. The highest BCUT2D eigenvalue weighted by molar-refractivity contribution is 5.84. The van der Waals surface area contributed by atoms with Crippen molar-refractivity contribution in [3.05, 3.63) is 71.4 Å². The molecule has 2 saturated heterocycles. The molecule has 0 unspecified atom stereocenters. The van der Waals surface area contributed by atoms with E-state index in [0.717, 1.165) is 70.7 Å². The fraction of sp³-hybridized carbons (Fsp3) is 0.447. The lowest BCUT2D eigenvalue weighted by molar-refractivity contribution is -0.188. The maximum absolute atomic E-state index is 13.5. The first-order chi connectivity index (χ1) is 24.0. The molecule has 2 aromatic carbocycles. The van der Waals surface area contributed by atoms with Crippen molar-refractivity contribution in [3.63, 3.8) is 0 Å². The van der Waals surface area contributed by atoms with E-state index in [0.29, 0.717) is 13.1 Å². The molecule has 6 rings (SSSR count). The predicted octanol–water partition coefficient (Wildman–Crippen LogP) is 6.72. The number of hydrogen-bond acceptors (Lipinski definition) is 8. The molecule has 0 bridgehead atoms. The number of hydrogen-bond donors (Lipinski definition) is 2. The molecule has 12 nitrogen and oxygen atoms in total. The van der Waals surface area contributed by atoms with Gasteiger partial charge in [-0.05, 0) is 82.7 Å². The van der Waals surface area contributed by atoms with Gasteiger partial charge in [0.1, 0.15) is 23.3 Å². The zero-order valence-corrected chi connectivity index (χ0v) is 29.5. The van der Waals surface area contributed by atoms with E-state index in [2.05, 4.69) is 31.7 Å². The number of amides is 2. The number of aliphatic imine (C=N–C) groups is 1. The molecule has 2 fully saturated rings. The molecule has 4 aromatic rings. The molecule has 2 aliphatic rings. The summed E-state index contributed by atoms with van der Waals surface area (Å²) in [6, 6.07) is 13.0. The van der Waals surface area contributed by atoms with Gasteiger partial charge in [-0.3, -0.25) is 9.69 Å². The van der Waals surface area contributed by atoms with Gasteiger partial charge >= 0.3 is 6.09 Å². The number of carbonyl (C=O) groups excluding carboxylic acids is 2.